The Balaban J connectivity index is 0.00000225. The summed E-state index contributed by atoms with van der Waals surface area (Å²) in [6.07, 6.45) is 1.45. The SMILES string of the molecule is Cl.O=S(=O)(c1cnn(CC(F)(F)F)c1)N1CCC(NCC2CC2)CC1. The van der Waals surface area contributed by atoms with E-state index in [0.29, 0.717) is 36.7 Å². The van der Waals surface area contributed by atoms with Gasteiger partial charge in [-0.2, -0.15) is 22.6 Å². The van der Waals surface area contributed by atoms with Gasteiger partial charge in [0.1, 0.15) is 11.4 Å². The Morgan fingerprint density at radius 3 is 2.40 bits per heavy atom. The molecular weight excluding hydrogens is 381 g/mol. The molecule has 0 spiro atoms. The molecule has 11 heteroatoms. The van der Waals surface area contributed by atoms with Gasteiger partial charge in [0, 0.05) is 25.3 Å². The summed E-state index contributed by atoms with van der Waals surface area (Å²) in [4.78, 5) is -0.184. The summed E-state index contributed by atoms with van der Waals surface area (Å²) in [5.74, 6) is 0.770. The van der Waals surface area contributed by atoms with Crippen molar-refractivity contribution in [1.82, 2.24) is 19.4 Å². The van der Waals surface area contributed by atoms with Gasteiger partial charge in [-0.05, 0) is 38.1 Å². The largest absolute Gasteiger partial charge is 0.408 e. The molecule has 0 aromatic carbocycles. The molecule has 1 aliphatic carbocycles. The summed E-state index contributed by atoms with van der Waals surface area (Å²) < 4.78 is 64.0. The monoisotopic (exact) mass is 402 g/mol. The average molecular weight is 403 g/mol. The molecule has 1 aromatic rings. The molecule has 25 heavy (non-hydrogen) atoms. The quantitative estimate of drug-likeness (QED) is 0.790. The van der Waals surface area contributed by atoms with E-state index in [9.17, 15) is 21.6 Å². The van der Waals surface area contributed by atoms with Crippen molar-refractivity contribution in [2.45, 2.75) is 49.3 Å². The molecule has 1 N–H and O–H groups in total. The number of aromatic nitrogens is 2. The number of alkyl halides is 3. The van der Waals surface area contributed by atoms with Crippen molar-refractivity contribution >= 4 is 22.4 Å². The lowest BCUT2D eigenvalue weighted by Crippen LogP contribution is -2.45. The third-order valence-electron chi connectivity index (χ3n) is 4.43. The summed E-state index contributed by atoms with van der Waals surface area (Å²) >= 11 is 0. The maximum atomic E-state index is 12.5. The molecule has 2 heterocycles. The number of sulfonamides is 1. The second-order valence-corrected chi connectivity index (χ2v) is 8.46. The molecule has 2 aliphatic rings. The summed E-state index contributed by atoms with van der Waals surface area (Å²) in [6.45, 7) is 0.432. The van der Waals surface area contributed by atoms with Crippen LogP contribution in [-0.4, -0.2) is 54.4 Å². The van der Waals surface area contributed by atoms with Crippen LogP contribution in [0.15, 0.2) is 17.3 Å². The van der Waals surface area contributed by atoms with Gasteiger partial charge in [0.25, 0.3) is 0 Å². The lowest BCUT2D eigenvalue weighted by molar-refractivity contribution is -0.142. The molecule has 1 aromatic heterocycles. The number of nitrogens with one attached hydrogen (secondary N) is 1. The van der Waals surface area contributed by atoms with Crippen molar-refractivity contribution in [1.29, 1.82) is 0 Å². The van der Waals surface area contributed by atoms with Crippen LogP contribution in [0.4, 0.5) is 13.2 Å². The number of hydrogen-bond acceptors (Lipinski definition) is 4. The average Bonchev–Trinajstić information content (AvgIpc) is 3.22. The molecular formula is C14H22ClF3N4O2S. The minimum Gasteiger partial charge on any atom is -0.314 e. The van der Waals surface area contributed by atoms with Crippen LogP contribution < -0.4 is 5.32 Å². The molecule has 0 atom stereocenters. The molecule has 0 radical (unpaired) electrons. The van der Waals surface area contributed by atoms with Gasteiger partial charge in [-0.15, -0.1) is 12.4 Å². The van der Waals surface area contributed by atoms with E-state index in [0.717, 1.165) is 24.9 Å². The van der Waals surface area contributed by atoms with Gasteiger partial charge >= 0.3 is 6.18 Å². The minimum atomic E-state index is -4.43. The van der Waals surface area contributed by atoms with E-state index >= 15 is 0 Å². The zero-order valence-electron chi connectivity index (χ0n) is 13.6. The van der Waals surface area contributed by atoms with Crippen molar-refractivity contribution in [3.8, 4) is 0 Å². The molecule has 1 saturated carbocycles. The molecule has 0 bridgehead atoms. The highest BCUT2D eigenvalue weighted by molar-refractivity contribution is 7.89. The highest BCUT2D eigenvalue weighted by atomic mass is 35.5. The van der Waals surface area contributed by atoms with Crippen molar-refractivity contribution in [2.24, 2.45) is 5.92 Å². The maximum Gasteiger partial charge on any atom is 0.408 e. The van der Waals surface area contributed by atoms with Crippen LogP contribution in [0.5, 0.6) is 0 Å². The summed E-state index contributed by atoms with van der Waals surface area (Å²) in [5.41, 5.74) is 0. The molecule has 144 valence electrons. The Morgan fingerprint density at radius 1 is 1.20 bits per heavy atom. The maximum absolute atomic E-state index is 12.5. The predicted octanol–water partition coefficient (Wildman–Crippen LogP) is 2.02. The Hall–Kier alpha value is -0.840. The fourth-order valence-corrected chi connectivity index (χ4v) is 4.28. The molecule has 1 aliphatic heterocycles. The first kappa shape index (κ1) is 20.5. The van der Waals surface area contributed by atoms with Crippen LogP contribution in [-0.2, 0) is 16.6 Å². The number of halogens is 4. The topological polar surface area (TPSA) is 67.2 Å². The first-order chi connectivity index (χ1) is 11.2. The van der Waals surface area contributed by atoms with Crippen LogP contribution >= 0.6 is 12.4 Å². The van der Waals surface area contributed by atoms with Crippen molar-refractivity contribution in [2.75, 3.05) is 19.6 Å². The zero-order valence-corrected chi connectivity index (χ0v) is 15.2. The van der Waals surface area contributed by atoms with Gasteiger partial charge in [0.15, 0.2) is 0 Å². The lowest BCUT2D eigenvalue weighted by Gasteiger charge is -2.31. The number of piperidine rings is 1. The normalized spacial score (nSPS) is 20.4. The Morgan fingerprint density at radius 2 is 1.84 bits per heavy atom. The van der Waals surface area contributed by atoms with Gasteiger partial charge in [-0.25, -0.2) is 8.42 Å². The van der Waals surface area contributed by atoms with Gasteiger partial charge in [-0.1, -0.05) is 0 Å². The Bertz CT molecular complexity index is 668. The summed E-state index contributed by atoms with van der Waals surface area (Å²) in [7, 11) is -3.78. The van der Waals surface area contributed by atoms with Crippen LogP contribution in [0.3, 0.4) is 0 Å². The highest BCUT2D eigenvalue weighted by Crippen LogP contribution is 2.28. The van der Waals surface area contributed by atoms with Crippen LogP contribution in [0.2, 0.25) is 0 Å². The van der Waals surface area contributed by atoms with Gasteiger partial charge in [0.2, 0.25) is 10.0 Å². The fraction of sp³-hybridized carbons (Fsp3) is 0.786. The van der Waals surface area contributed by atoms with Gasteiger partial charge in [-0.3, -0.25) is 4.68 Å². The van der Waals surface area contributed by atoms with Crippen molar-refractivity contribution < 1.29 is 21.6 Å². The summed E-state index contributed by atoms with van der Waals surface area (Å²) in [5, 5.41) is 6.97. The fourth-order valence-electron chi connectivity index (χ4n) is 2.85. The third-order valence-corrected chi connectivity index (χ3v) is 6.29. The van der Waals surface area contributed by atoms with E-state index in [1.807, 2.05) is 0 Å². The van der Waals surface area contributed by atoms with E-state index in [1.165, 1.54) is 17.1 Å². The predicted molar refractivity (Wildman–Crippen MR) is 88.0 cm³/mol. The van der Waals surface area contributed by atoms with E-state index in [2.05, 4.69) is 10.4 Å². The molecule has 1 saturated heterocycles. The number of hydrogen-bond donors (Lipinski definition) is 1. The smallest absolute Gasteiger partial charge is 0.314 e. The van der Waals surface area contributed by atoms with E-state index in [4.69, 9.17) is 0 Å². The zero-order chi connectivity index (χ0) is 17.4. The van der Waals surface area contributed by atoms with E-state index < -0.39 is 22.7 Å². The molecule has 2 fully saturated rings. The van der Waals surface area contributed by atoms with Crippen LogP contribution in [0.1, 0.15) is 25.7 Å². The second kappa shape index (κ2) is 7.81. The second-order valence-electron chi connectivity index (χ2n) is 6.52. The molecule has 3 rings (SSSR count). The molecule has 6 nitrogen and oxygen atoms in total. The molecule has 0 amide bonds. The van der Waals surface area contributed by atoms with Gasteiger partial charge < -0.3 is 5.32 Å². The first-order valence-electron chi connectivity index (χ1n) is 8.07. The standard InChI is InChI=1S/C14H21F3N4O2S.ClH/c15-14(16,17)10-20-9-13(8-19-20)24(22,23)21-5-3-12(4-6-21)18-7-11-1-2-11;/h8-9,11-12,18H,1-7,10H2;1H. The third kappa shape index (κ3) is 5.57. The molecule has 0 unspecified atom stereocenters. The number of rotatable bonds is 6. The number of nitrogens with zero attached hydrogens (tertiary/aromatic N) is 3. The Kier molecular flexibility index (Phi) is 6.40. The van der Waals surface area contributed by atoms with Crippen molar-refractivity contribution in [3.05, 3.63) is 12.4 Å². The van der Waals surface area contributed by atoms with E-state index in [-0.39, 0.29) is 17.3 Å². The Labute approximate surface area is 151 Å². The van der Waals surface area contributed by atoms with Crippen LogP contribution in [0, 0.1) is 5.92 Å². The van der Waals surface area contributed by atoms with Crippen LogP contribution in [0.25, 0.3) is 0 Å². The van der Waals surface area contributed by atoms with Crippen molar-refractivity contribution in [3.63, 3.8) is 0 Å². The first-order valence-corrected chi connectivity index (χ1v) is 9.51. The van der Waals surface area contributed by atoms with Gasteiger partial charge in [0.05, 0.1) is 6.20 Å². The van der Waals surface area contributed by atoms with E-state index in [1.54, 1.807) is 0 Å². The highest BCUT2D eigenvalue weighted by Gasteiger charge is 2.33. The summed E-state index contributed by atoms with van der Waals surface area (Å²) in [6, 6.07) is 0.310. The minimum absolute atomic E-state index is 0. The lowest BCUT2D eigenvalue weighted by atomic mass is 10.1.